The lowest BCUT2D eigenvalue weighted by Gasteiger charge is -2.38. The van der Waals surface area contributed by atoms with Crippen LogP contribution < -0.4 is 26.0 Å². The lowest BCUT2D eigenvalue weighted by molar-refractivity contribution is -0.136. The fourth-order valence-corrected chi connectivity index (χ4v) is 5.51. The van der Waals surface area contributed by atoms with Crippen molar-refractivity contribution in [1.82, 2.24) is 21.3 Å². The van der Waals surface area contributed by atoms with E-state index in [0.717, 1.165) is 40.5 Å². The molecule has 204 valence electrons. The second-order valence-electron chi connectivity index (χ2n) is 10.5. The van der Waals surface area contributed by atoms with E-state index in [0.29, 0.717) is 32.5 Å². The van der Waals surface area contributed by atoms with Crippen LogP contribution in [-0.2, 0) is 26.2 Å². The zero-order chi connectivity index (χ0) is 27.3. The minimum atomic E-state index is -0.975. The molecular weight excluding hydrogens is 492 g/mol. The van der Waals surface area contributed by atoms with Gasteiger partial charge in [0.05, 0.1) is 18.9 Å². The Morgan fingerprint density at radius 1 is 0.821 bits per heavy atom. The molecule has 5 rings (SSSR count). The molecule has 8 heteroatoms. The van der Waals surface area contributed by atoms with Crippen LogP contribution in [0.25, 0.3) is 10.8 Å². The van der Waals surface area contributed by atoms with Gasteiger partial charge in [-0.05, 0) is 72.8 Å². The van der Waals surface area contributed by atoms with E-state index in [1.165, 1.54) is 0 Å². The molecule has 0 spiro atoms. The van der Waals surface area contributed by atoms with Gasteiger partial charge in [-0.15, -0.1) is 0 Å². The van der Waals surface area contributed by atoms with Gasteiger partial charge in [-0.2, -0.15) is 0 Å². The van der Waals surface area contributed by atoms with E-state index in [-0.39, 0.29) is 30.7 Å². The molecule has 0 bridgehead atoms. The highest BCUT2D eigenvalue weighted by Gasteiger charge is 2.54. The lowest BCUT2D eigenvalue weighted by Crippen LogP contribution is -2.64. The number of hydrogen-bond donors (Lipinski definition) is 4. The normalized spacial score (nSPS) is 17.2. The molecule has 0 radical (unpaired) electrons. The number of carbonyl (C=O) groups is 3. The molecule has 1 aliphatic carbocycles. The van der Waals surface area contributed by atoms with Gasteiger partial charge in [0.25, 0.3) is 0 Å². The number of piperidine rings is 1. The maximum atomic E-state index is 13.5. The fourth-order valence-electron chi connectivity index (χ4n) is 5.51. The van der Waals surface area contributed by atoms with Crippen molar-refractivity contribution in [3.63, 3.8) is 0 Å². The van der Waals surface area contributed by atoms with E-state index >= 15 is 0 Å². The third-order valence-corrected chi connectivity index (χ3v) is 8.04. The van der Waals surface area contributed by atoms with Gasteiger partial charge < -0.3 is 26.0 Å². The van der Waals surface area contributed by atoms with Crippen LogP contribution in [0.15, 0.2) is 66.7 Å². The van der Waals surface area contributed by atoms with Crippen molar-refractivity contribution < 1.29 is 19.1 Å². The van der Waals surface area contributed by atoms with E-state index in [2.05, 4.69) is 21.3 Å². The number of rotatable bonds is 10. The number of methoxy groups -OCH3 is 1. The molecule has 3 amide bonds. The predicted octanol–water partition coefficient (Wildman–Crippen LogP) is 2.59. The average Bonchev–Trinajstić information content (AvgIpc) is 3.78. The Balaban J connectivity index is 1.16. The van der Waals surface area contributed by atoms with Crippen molar-refractivity contribution >= 4 is 28.5 Å². The Kier molecular flexibility index (Phi) is 7.84. The van der Waals surface area contributed by atoms with E-state index < -0.39 is 11.0 Å². The monoisotopic (exact) mass is 528 g/mol. The molecule has 0 unspecified atom stereocenters. The van der Waals surface area contributed by atoms with Crippen LogP contribution in [-0.4, -0.2) is 56.5 Å². The summed E-state index contributed by atoms with van der Waals surface area (Å²) in [4.78, 5) is 39.6. The number of benzene rings is 3. The van der Waals surface area contributed by atoms with Crippen LogP contribution in [0.4, 0.5) is 0 Å². The quantitative estimate of drug-likeness (QED) is 0.303. The zero-order valence-corrected chi connectivity index (χ0v) is 22.3. The molecule has 3 aromatic carbocycles. The summed E-state index contributed by atoms with van der Waals surface area (Å²) < 4.78 is 5.25. The van der Waals surface area contributed by atoms with Crippen LogP contribution in [0.1, 0.15) is 36.8 Å². The lowest BCUT2D eigenvalue weighted by atomic mass is 9.85. The molecule has 2 fully saturated rings. The van der Waals surface area contributed by atoms with Crippen molar-refractivity contribution in [3.8, 4) is 5.75 Å². The maximum absolute atomic E-state index is 13.5. The molecule has 0 atom stereocenters. The number of ether oxygens (including phenoxy) is 1. The third-order valence-electron chi connectivity index (χ3n) is 8.04. The van der Waals surface area contributed by atoms with Crippen LogP contribution in [0, 0.1) is 0 Å². The summed E-state index contributed by atoms with van der Waals surface area (Å²) in [6.07, 6.45) is 2.80. The summed E-state index contributed by atoms with van der Waals surface area (Å²) in [6.45, 7) is 1.89. The van der Waals surface area contributed by atoms with Gasteiger partial charge >= 0.3 is 0 Å². The Hall–Kier alpha value is -3.91. The summed E-state index contributed by atoms with van der Waals surface area (Å²) in [6, 6.07) is 21.5. The van der Waals surface area contributed by atoms with Gasteiger partial charge in [-0.1, -0.05) is 54.6 Å². The van der Waals surface area contributed by atoms with Crippen LogP contribution in [0.2, 0.25) is 0 Å². The average molecular weight is 529 g/mol. The number of nitrogens with one attached hydrogen (secondary N) is 4. The summed E-state index contributed by atoms with van der Waals surface area (Å²) in [7, 11) is 1.62. The molecule has 1 heterocycles. The van der Waals surface area contributed by atoms with Gasteiger partial charge in [0.2, 0.25) is 17.7 Å². The van der Waals surface area contributed by atoms with Crippen LogP contribution in [0.3, 0.4) is 0 Å². The summed E-state index contributed by atoms with van der Waals surface area (Å²) in [5.74, 6) is 0.341. The van der Waals surface area contributed by atoms with E-state index in [1.807, 2.05) is 66.7 Å². The van der Waals surface area contributed by atoms with Crippen molar-refractivity contribution in [3.05, 3.63) is 77.9 Å². The largest absolute Gasteiger partial charge is 0.497 e. The second-order valence-corrected chi connectivity index (χ2v) is 10.5. The van der Waals surface area contributed by atoms with Gasteiger partial charge in [-0.3, -0.25) is 14.4 Å². The molecule has 1 aliphatic heterocycles. The molecule has 2 aliphatic rings. The van der Waals surface area contributed by atoms with Crippen molar-refractivity contribution in [2.75, 3.05) is 33.3 Å². The minimum absolute atomic E-state index is 0.0966. The first-order valence-corrected chi connectivity index (χ1v) is 13.7. The van der Waals surface area contributed by atoms with Gasteiger partial charge in [0.1, 0.15) is 11.3 Å². The summed E-state index contributed by atoms with van der Waals surface area (Å²) in [5, 5.41) is 14.5. The molecule has 8 nitrogen and oxygen atoms in total. The fraction of sp³-hybridized carbons (Fsp3) is 0.387. The first-order chi connectivity index (χ1) is 19.0. The van der Waals surface area contributed by atoms with Crippen molar-refractivity contribution in [1.29, 1.82) is 0 Å². The number of carbonyl (C=O) groups excluding carboxylic acids is 3. The molecular formula is C31H36N4O4. The van der Waals surface area contributed by atoms with Gasteiger partial charge in [-0.25, -0.2) is 0 Å². The van der Waals surface area contributed by atoms with Gasteiger partial charge in [0.15, 0.2) is 0 Å². The van der Waals surface area contributed by atoms with Crippen LogP contribution >= 0.6 is 0 Å². The summed E-state index contributed by atoms with van der Waals surface area (Å²) >= 11 is 0. The summed E-state index contributed by atoms with van der Waals surface area (Å²) in [5.41, 5.74) is 0.341. The highest BCUT2D eigenvalue weighted by molar-refractivity contribution is 5.97. The SMILES string of the molecule is COc1ccc(C2(C(=O)NC3(C(=O)NCCNC(=O)Cc4cccc5ccccc45)CCNCC3)CC2)cc1. The minimum Gasteiger partial charge on any atom is -0.497 e. The number of hydrogen-bond acceptors (Lipinski definition) is 5. The molecule has 0 aromatic heterocycles. The number of amides is 3. The van der Waals surface area contributed by atoms with Crippen LogP contribution in [0.5, 0.6) is 5.75 Å². The smallest absolute Gasteiger partial charge is 0.245 e. The topological polar surface area (TPSA) is 109 Å². The van der Waals surface area contributed by atoms with E-state index in [1.54, 1.807) is 7.11 Å². The molecule has 1 saturated heterocycles. The maximum Gasteiger partial charge on any atom is 0.245 e. The Bertz CT molecular complexity index is 1340. The number of fused-ring (bicyclic) bond motifs is 1. The standard InChI is InChI=1S/C31H36N4O4/c1-39-25-11-9-24(10-12-25)30(13-14-30)28(37)35-31(15-17-32-18-16-31)29(38)34-20-19-33-27(36)21-23-7-4-6-22-5-2-3-8-26(22)23/h2-12,32H,13-21H2,1H3,(H,33,36)(H,34,38)(H,35,37). The Morgan fingerprint density at radius 2 is 1.51 bits per heavy atom. The third kappa shape index (κ3) is 5.76. The highest BCUT2D eigenvalue weighted by atomic mass is 16.5. The molecule has 4 N–H and O–H groups in total. The highest BCUT2D eigenvalue weighted by Crippen LogP contribution is 2.49. The first kappa shape index (κ1) is 26.7. The van der Waals surface area contributed by atoms with E-state index in [4.69, 9.17) is 4.74 Å². The van der Waals surface area contributed by atoms with Crippen molar-refractivity contribution in [2.24, 2.45) is 0 Å². The first-order valence-electron chi connectivity index (χ1n) is 13.7. The Morgan fingerprint density at radius 3 is 2.23 bits per heavy atom. The predicted molar refractivity (Wildman–Crippen MR) is 151 cm³/mol. The van der Waals surface area contributed by atoms with Gasteiger partial charge in [0, 0.05) is 13.1 Å². The molecule has 1 saturated carbocycles. The van der Waals surface area contributed by atoms with E-state index in [9.17, 15) is 14.4 Å². The molecule has 39 heavy (non-hydrogen) atoms. The zero-order valence-electron chi connectivity index (χ0n) is 22.3. The Labute approximate surface area is 228 Å². The molecule has 3 aromatic rings. The van der Waals surface area contributed by atoms with Crippen molar-refractivity contribution in [2.45, 2.75) is 43.1 Å². The second kappa shape index (κ2) is 11.5.